The van der Waals surface area contributed by atoms with Crippen LogP contribution in [0, 0.1) is 18.3 Å². The van der Waals surface area contributed by atoms with Gasteiger partial charge in [-0.1, -0.05) is 61.2 Å². The van der Waals surface area contributed by atoms with Crippen molar-refractivity contribution >= 4 is 82.1 Å². The molecule has 0 spiro atoms. The molecule has 35 nitrogen and oxygen atoms in total. The highest BCUT2D eigenvalue weighted by Crippen LogP contribution is 2.50. The van der Waals surface area contributed by atoms with Gasteiger partial charge in [0.2, 0.25) is 65.2 Å². The fourth-order valence-corrected chi connectivity index (χ4v) is 14.1. The van der Waals surface area contributed by atoms with Gasteiger partial charge in [0.25, 0.3) is 0 Å². The maximum Gasteiger partial charge on any atom is 0.248 e. The number of phenolic OH excluding ortho intramolecular Hbond substituents is 3. The number of halogens is 2. The third kappa shape index (κ3) is 18.4. The molecule has 22 N–H and O–H groups in total. The van der Waals surface area contributed by atoms with Crippen molar-refractivity contribution in [3.63, 3.8) is 0 Å². The van der Waals surface area contributed by atoms with Gasteiger partial charge < -0.3 is 134 Å². The molecule has 7 aliphatic heterocycles. The van der Waals surface area contributed by atoms with Gasteiger partial charge in [-0.2, -0.15) is 0 Å². The Balaban J connectivity index is 1.13. The van der Waals surface area contributed by atoms with Gasteiger partial charge in [0.1, 0.15) is 95.5 Å². The summed E-state index contributed by atoms with van der Waals surface area (Å²) in [6.45, 7) is 4.83. The minimum Gasteiger partial charge on any atom is -0.508 e. The van der Waals surface area contributed by atoms with Crippen molar-refractivity contribution in [2.45, 2.75) is 156 Å². The number of terminal acetylenes is 1. The van der Waals surface area contributed by atoms with Gasteiger partial charge in [-0.3, -0.25) is 43.2 Å². The summed E-state index contributed by atoms with van der Waals surface area (Å²) in [4.78, 5) is 133. The maximum absolute atomic E-state index is 16.2. The molecule has 2 fully saturated rings. The number of aliphatic hydroxyl groups excluding tert-OH is 6. The van der Waals surface area contributed by atoms with E-state index in [2.05, 4.69) is 53.8 Å². The molecule has 6 aromatic carbocycles. The molecule has 0 aromatic heterocycles. The number of aromatic hydroxyl groups is 3. The highest BCUT2D eigenvalue weighted by atomic mass is 35.5. The van der Waals surface area contributed by atoms with Crippen molar-refractivity contribution in [1.82, 2.24) is 42.5 Å². The summed E-state index contributed by atoms with van der Waals surface area (Å²) in [6, 6.07) is 5.44. The number of fused-ring (bicyclic) bond motifs is 15. The van der Waals surface area contributed by atoms with Gasteiger partial charge >= 0.3 is 0 Å². The summed E-state index contributed by atoms with van der Waals surface area (Å²) < 4.78 is 38.6. The van der Waals surface area contributed by atoms with Crippen molar-refractivity contribution < 1.29 is 118 Å². The number of nitrogens with two attached hydrogens (primary N) is 2. The molecule has 7 heterocycles. The number of primary amides is 1. The van der Waals surface area contributed by atoms with Gasteiger partial charge in [0.05, 0.1) is 47.9 Å². The van der Waals surface area contributed by atoms with Crippen molar-refractivity contribution in [3.05, 3.63) is 147 Å². The SMILES string of the molecule is C#Cc1ccc(NC(=O)CNC(=O)C2NC(=O)[C@H]3NC(=O)[C@H](NC(=O)C4NC(=O)[C@H](CC(N)=O)NC(=O)[C@H](NC(=O)[C@@H](CC(C)C)NC)[C@H](O)c5ccc(c(Cl)c5)Oc5cc4cc(c5O[C@@H]4O[C@H](CO)[C@@H](O)[C@H](O)[C@H]4OC4C[C@](C)(N)[C@H](O)[C@H](C)O4)Oc4ccc(cc4Cl)[C@H]3O)c3ccc(O)c(c3)-c3c(O)cc(O)cc32)cc1. The molecular formula is C76H83Cl2N11O24. The lowest BCUT2D eigenvalue weighted by Gasteiger charge is -2.47. The van der Waals surface area contributed by atoms with E-state index in [9.17, 15) is 69.9 Å². The van der Waals surface area contributed by atoms with E-state index in [0.717, 1.165) is 66.7 Å². The van der Waals surface area contributed by atoms with Crippen LogP contribution < -0.4 is 73.5 Å². The predicted octanol–water partition coefficient (Wildman–Crippen LogP) is 0.758. The van der Waals surface area contributed by atoms with Crippen LogP contribution in [0.25, 0.3) is 11.1 Å². The zero-order valence-corrected chi connectivity index (χ0v) is 62.4. The van der Waals surface area contributed by atoms with Gasteiger partial charge in [0, 0.05) is 40.4 Å². The molecule has 113 heavy (non-hydrogen) atoms. The third-order valence-corrected chi connectivity index (χ3v) is 20.1. The van der Waals surface area contributed by atoms with Crippen LogP contribution in [-0.2, 0) is 57.4 Å². The molecule has 0 aliphatic carbocycles. The first-order chi connectivity index (χ1) is 53.5. The lowest BCUT2D eigenvalue weighted by Crippen LogP contribution is -2.64. The number of amides is 9. The van der Waals surface area contributed by atoms with E-state index in [-0.39, 0.29) is 51.9 Å². The number of nitrogens with one attached hydrogen (secondary N) is 9. The number of carbonyl (C=O) groups excluding carboxylic acids is 9. The Bertz CT molecular complexity index is 4740. The number of ether oxygens (including phenoxy) is 6. The number of rotatable bonds is 16. The van der Waals surface area contributed by atoms with Crippen LogP contribution in [0.3, 0.4) is 0 Å². The first kappa shape index (κ1) is 83.0. The number of anilines is 1. The van der Waals surface area contributed by atoms with E-state index in [1.54, 1.807) is 0 Å². The Labute approximate surface area is 654 Å². The lowest BCUT2D eigenvalue weighted by molar-refractivity contribution is -0.333. The Hall–Kier alpha value is -11.0. The van der Waals surface area contributed by atoms with Crippen molar-refractivity contribution in [2.24, 2.45) is 17.4 Å². The minimum atomic E-state index is -2.37. The molecule has 600 valence electrons. The standard InChI is InChI=1S/C76H83Cl2N11O24/c1-7-32-8-13-37(14-9-32)83-53(95)28-82-70(103)58-40-24-38(91)25-46(93)55(40)39-19-33(10-15-45(39)92)56-71(104)89-60(74(107)87-58)62(97)35-12-17-48(42(78)21-35)110-50-23-36-22-49(65(50)113-75-66(64(99)63(98)51(29-90)111-75)112-54-27-76(5,80)67(100)31(4)108-54)109-47-16-11-34(20-41(47)77)61(96)59(88-68(101)43(81-6)18-30(2)3)73(106)84-44(26-52(79)94)69(102)85-57(36)72(105)86-56/h1,8-17,19-25,30-31,43-44,51,54,56-64,66-67,75,81,90-93,96-100H,18,26-29,80H2,2-6H3,(H2,79,94)(H,82,103)(H,83,95)(H,84,106)(H,85,102)(H,86,105)(H,87,107)(H,88,101)(H,89,104)/t31-,43+,44-,51+,54?,56+,57?,58?,59+,60-,61+,62+,63+,64-,66+,67+,75-,76-/m0/s1. The van der Waals surface area contributed by atoms with E-state index in [1.807, 2.05) is 13.8 Å². The monoisotopic (exact) mass is 1600 g/mol. The number of hydrogen-bond donors (Lipinski definition) is 20. The summed E-state index contributed by atoms with van der Waals surface area (Å²) in [7, 11) is 1.47. The molecule has 3 unspecified atom stereocenters. The number of hydrogen-bond acceptors (Lipinski definition) is 26. The number of phenols is 3. The highest BCUT2D eigenvalue weighted by molar-refractivity contribution is 6.32. The van der Waals surface area contributed by atoms with Crippen molar-refractivity contribution in [3.8, 4) is 69.5 Å². The molecule has 9 amide bonds. The molecule has 2 saturated heterocycles. The molecule has 11 bridgehead atoms. The minimum absolute atomic E-state index is 0.110. The van der Waals surface area contributed by atoms with Crippen LogP contribution in [0.1, 0.15) is 111 Å². The highest BCUT2D eigenvalue weighted by Gasteiger charge is 2.52. The summed E-state index contributed by atoms with van der Waals surface area (Å²) in [5.41, 5.74) is 8.84. The van der Waals surface area contributed by atoms with E-state index >= 15 is 19.2 Å². The fourth-order valence-electron chi connectivity index (χ4n) is 13.6. The Morgan fingerprint density at radius 3 is 1.94 bits per heavy atom. The van der Waals surface area contributed by atoms with Gasteiger partial charge in [0.15, 0.2) is 23.9 Å². The molecule has 37 heteroatoms. The van der Waals surface area contributed by atoms with Crippen molar-refractivity contribution in [1.29, 1.82) is 0 Å². The van der Waals surface area contributed by atoms with E-state index in [0.29, 0.717) is 5.56 Å². The van der Waals surface area contributed by atoms with Crippen LogP contribution in [-0.4, -0.2) is 198 Å². The molecule has 6 aromatic rings. The van der Waals surface area contributed by atoms with Crippen LogP contribution >= 0.6 is 23.2 Å². The zero-order chi connectivity index (χ0) is 81.9. The average Bonchev–Trinajstić information content (AvgIpc) is 0.822. The Morgan fingerprint density at radius 2 is 1.34 bits per heavy atom. The smallest absolute Gasteiger partial charge is 0.248 e. The zero-order valence-electron chi connectivity index (χ0n) is 60.9. The second-order valence-corrected chi connectivity index (χ2v) is 29.2. The third-order valence-electron chi connectivity index (χ3n) is 19.5. The van der Waals surface area contributed by atoms with Crippen LogP contribution in [0.2, 0.25) is 10.0 Å². The first-order valence-electron chi connectivity index (χ1n) is 35.4. The van der Waals surface area contributed by atoms with E-state index in [4.69, 9.17) is 69.5 Å². The van der Waals surface area contributed by atoms with Gasteiger partial charge in [-0.25, -0.2) is 0 Å². The summed E-state index contributed by atoms with van der Waals surface area (Å²) in [6.07, 6.45) is -13.3. The number of carbonyl (C=O) groups is 9. The number of likely N-dealkylation sites (N-methyl/N-ethyl adjacent to an activating group) is 1. The quantitative estimate of drug-likeness (QED) is 0.0595. The maximum atomic E-state index is 16.2. The van der Waals surface area contributed by atoms with Crippen LogP contribution in [0.5, 0.6) is 46.0 Å². The predicted molar refractivity (Wildman–Crippen MR) is 398 cm³/mol. The molecular weight excluding hydrogens is 1520 g/mol. The van der Waals surface area contributed by atoms with Crippen LogP contribution in [0.4, 0.5) is 5.69 Å². The van der Waals surface area contributed by atoms with Crippen molar-refractivity contribution in [2.75, 3.05) is 25.5 Å². The summed E-state index contributed by atoms with van der Waals surface area (Å²) in [5.74, 6) is -13.9. The average molecular weight is 1610 g/mol. The number of aliphatic hydroxyl groups is 6. The van der Waals surface area contributed by atoms with E-state index < -0.39 is 250 Å². The molecule has 0 saturated carbocycles. The fraction of sp³-hybridized carbons (Fsp3) is 0.382. The summed E-state index contributed by atoms with van der Waals surface area (Å²) >= 11 is 14.3. The Kier molecular flexibility index (Phi) is 25.4. The lowest BCUT2D eigenvalue weighted by atomic mass is 9.86. The normalized spacial score (nSPS) is 27.4. The second kappa shape index (κ2) is 34.6. The van der Waals surface area contributed by atoms with E-state index in [1.165, 1.54) is 57.3 Å². The topological polar surface area (TPSA) is 551 Å². The molecule has 18 atom stereocenters. The first-order valence-corrected chi connectivity index (χ1v) is 36.2. The number of benzene rings is 6. The second-order valence-electron chi connectivity index (χ2n) is 28.4. The molecule has 13 rings (SSSR count). The summed E-state index contributed by atoms with van der Waals surface area (Å²) in [5, 5.41) is 127. The van der Waals surface area contributed by atoms with Gasteiger partial charge in [-0.15, -0.1) is 6.42 Å². The largest absolute Gasteiger partial charge is 0.508 e. The van der Waals surface area contributed by atoms with Gasteiger partial charge in [-0.05, 0) is 140 Å². The van der Waals surface area contributed by atoms with Crippen LogP contribution in [0.15, 0.2) is 103 Å². The molecule has 0 radical (unpaired) electrons. The Morgan fingerprint density at radius 1 is 0.717 bits per heavy atom. The molecule has 7 aliphatic rings.